The van der Waals surface area contributed by atoms with Gasteiger partial charge in [0.25, 0.3) is 10.0 Å². The van der Waals surface area contributed by atoms with Crippen molar-refractivity contribution in [2.45, 2.75) is 30.2 Å². The lowest BCUT2D eigenvalue weighted by Crippen LogP contribution is -2.50. The number of sulfonamides is 1. The van der Waals surface area contributed by atoms with Crippen LogP contribution in [0, 0.1) is 5.92 Å². The van der Waals surface area contributed by atoms with Crippen LogP contribution in [0.3, 0.4) is 0 Å². The molecule has 152 valence electrons. The van der Waals surface area contributed by atoms with Gasteiger partial charge in [0.05, 0.1) is 35.8 Å². The number of nitrogens with one attached hydrogen (secondary N) is 1. The lowest BCUT2D eigenvalue weighted by molar-refractivity contribution is -0.123. The number of benzene rings is 2. The molecule has 2 aromatic rings. The molecule has 0 bridgehead atoms. The molecule has 3 unspecified atom stereocenters. The van der Waals surface area contributed by atoms with Crippen LogP contribution in [0.5, 0.6) is 11.5 Å². The summed E-state index contributed by atoms with van der Waals surface area (Å²) in [6.07, 6.45) is 0.742. The average molecular weight is 414 g/mol. The van der Waals surface area contributed by atoms with Crippen LogP contribution in [0.25, 0.3) is 0 Å². The van der Waals surface area contributed by atoms with Crippen molar-refractivity contribution in [3.8, 4) is 11.5 Å². The van der Waals surface area contributed by atoms with Crippen molar-refractivity contribution in [1.29, 1.82) is 0 Å². The number of amides is 1. The van der Waals surface area contributed by atoms with Crippen molar-refractivity contribution in [2.24, 2.45) is 5.92 Å². The van der Waals surface area contributed by atoms with Gasteiger partial charge in [-0.25, -0.2) is 8.42 Å². The summed E-state index contributed by atoms with van der Waals surface area (Å²) in [5.74, 6) is 0.397. The van der Waals surface area contributed by atoms with Gasteiger partial charge in [0.2, 0.25) is 5.91 Å². The summed E-state index contributed by atoms with van der Waals surface area (Å²) in [5, 5.41) is 2.85. The topological polar surface area (TPSA) is 84.9 Å². The van der Waals surface area contributed by atoms with E-state index in [1.807, 2.05) is 31.2 Å². The minimum Gasteiger partial charge on any atom is -0.490 e. The number of hydrogen-bond donors (Lipinski definition) is 1. The number of anilines is 1. The van der Waals surface area contributed by atoms with E-state index in [1.54, 1.807) is 12.1 Å². The molecule has 3 heterocycles. The Morgan fingerprint density at radius 3 is 2.66 bits per heavy atom. The summed E-state index contributed by atoms with van der Waals surface area (Å²) < 4.78 is 40.3. The van der Waals surface area contributed by atoms with E-state index in [2.05, 4.69) is 5.32 Å². The molecule has 3 aliphatic rings. The normalized spacial score (nSPS) is 25.6. The highest BCUT2D eigenvalue weighted by Crippen LogP contribution is 2.46. The third-order valence-corrected chi connectivity index (χ3v) is 7.82. The lowest BCUT2D eigenvalue weighted by Gasteiger charge is -2.41. The van der Waals surface area contributed by atoms with Crippen LogP contribution in [0.4, 0.5) is 5.69 Å². The molecule has 3 atom stereocenters. The van der Waals surface area contributed by atoms with Crippen molar-refractivity contribution in [1.82, 2.24) is 5.32 Å². The highest BCUT2D eigenvalue weighted by atomic mass is 32.2. The van der Waals surface area contributed by atoms with E-state index in [0.717, 1.165) is 12.0 Å². The number of nitrogens with zero attached hydrogens (tertiary/aromatic N) is 1. The van der Waals surface area contributed by atoms with Crippen LogP contribution in [0.2, 0.25) is 0 Å². The maximum absolute atomic E-state index is 13.8. The molecule has 1 saturated heterocycles. The molecule has 0 saturated carbocycles. The summed E-state index contributed by atoms with van der Waals surface area (Å²) >= 11 is 0. The van der Waals surface area contributed by atoms with E-state index < -0.39 is 22.0 Å². The molecule has 0 aromatic heterocycles. The number of rotatable bonds is 2. The van der Waals surface area contributed by atoms with E-state index in [1.165, 1.54) is 10.4 Å². The molecule has 0 aliphatic carbocycles. The number of ether oxygens (including phenoxy) is 2. The fraction of sp³-hybridized carbons (Fsp3) is 0.381. The highest BCUT2D eigenvalue weighted by molar-refractivity contribution is 7.92. The first kappa shape index (κ1) is 18.3. The maximum Gasteiger partial charge on any atom is 0.264 e. The zero-order valence-electron chi connectivity index (χ0n) is 16.0. The van der Waals surface area contributed by atoms with Gasteiger partial charge in [-0.1, -0.05) is 25.1 Å². The van der Waals surface area contributed by atoms with Crippen LogP contribution in [-0.2, 0) is 14.8 Å². The molecule has 0 spiro atoms. The smallest absolute Gasteiger partial charge is 0.264 e. The second kappa shape index (κ2) is 6.66. The summed E-state index contributed by atoms with van der Waals surface area (Å²) in [5.41, 5.74) is 1.49. The summed E-state index contributed by atoms with van der Waals surface area (Å²) in [4.78, 5) is 12.6. The minimum atomic E-state index is -3.92. The van der Waals surface area contributed by atoms with E-state index in [9.17, 15) is 13.2 Å². The van der Waals surface area contributed by atoms with Crippen molar-refractivity contribution < 1.29 is 22.7 Å². The standard InChI is InChI=1S/C21H22N2O5S/c1-13-15-5-2-3-6-16(15)23(17-12-22-21(24)20(13)17)29(25,26)14-7-8-18-19(11-14)28-10-4-9-27-18/h2-3,5-8,11,13,17,20H,4,9-10,12H2,1H3,(H,22,24). The Morgan fingerprint density at radius 1 is 1.07 bits per heavy atom. The molecule has 1 N–H and O–H groups in total. The Morgan fingerprint density at radius 2 is 1.83 bits per heavy atom. The van der Waals surface area contributed by atoms with E-state index in [0.29, 0.717) is 36.9 Å². The molecular weight excluding hydrogens is 392 g/mol. The van der Waals surface area contributed by atoms with Gasteiger partial charge in [-0.3, -0.25) is 9.10 Å². The first-order chi connectivity index (χ1) is 14.0. The first-order valence-corrected chi connectivity index (χ1v) is 11.2. The van der Waals surface area contributed by atoms with Crippen LogP contribution in [-0.4, -0.2) is 40.1 Å². The second-order valence-corrected chi connectivity index (χ2v) is 9.46. The van der Waals surface area contributed by atoms with Gasteiger partial charge in [0, 0.05) is 19.0 Å². The Hall–Kier alpha value is -2.74. The van der Waals surface area contributed by atoms with Crippen LogP contribution < -0.4 is 19.1 Å². The monoisotopic (exact) mass is 414 g/mol. The quantitative estimate of drug-likeness (QED) is 0.815. The Balaban J connectivity index is 1.64. The molecular formula is C21H22N2O5S. The van der Waals surface area contributed by atoms with Gasteiger partial charge in [-0.15, -0.1) is 0 Å². The molecule has 1 amide bonds. The van der Waals surface area contributed by atoms with Crippen molar-refractivity contribution in [3.05, 3.63) is 48.0 Å². The van der Waals surface area contributed by atoms with Crippen LogP contribution >= 0.6 is 0 Å². The first-order valence-electron chi connectivity index (χ1n) is 9.79. The number of para-hydroxylation sites is 1. The highest BCUT2D eigenvalue weighted by Gasteiger charge is 2.50. The molecule has 1 fully saturated rings. The van der Waals surface area contributed by atoms with Crippen LogP contribution in [0.1, 0.15) is 24.8 Å². The molecule has 2 aromatic carbocycles. The van der Waals surface area contributed by atoms with E-state index in [4.69, 9.17) is 9.47 Å². The van der Waals surface area contributed by atoms with Crippen molar-refractivity contribution in [2.75, 3.05) is 24.1 Å². The van der Waals surface area contributed by atoms with Gasteiger partial charge in [0.15, 0.2) is 11.5 Å². The van der Waals surface area contributed by atoms with Gasteiger partial charge >= 0.3 is 0 Å². The zero-order valence-corrected chi connectivity index (χ0v) is 16.8. The van der Waals surface area contributed by atoms with Gasteiger partial charge in [-0.2, -0.15) is 0 Å². The minimum absolute atomic E-state index is 0.0612. The fourth-order valence-corrected chi connectivity index (χ4v) is 6.29. The molecule has 8 heteroatoms. The predicted octanol–water partition coefficient (Wildman–Crippen LogP) is 2.27. The molecule has 5 rings (SSSR count). The third kappa shape index (κ3) is 2.77. The average Bonchev–Trinajstić information content (AvgIpc) is 2.95. The lowest BCUT2D eigenvalue weighted by atomic mass is 9.80. The Bertz CT molecular complexity index is 1080. The zero-order chi connectivity index (χ0) is 20.2. The largest absolute Gasteiger partial charge is 0.490 e. The van der Waals surface area contributed by atoms with Gasteiger partial charge < -0.3 is 14.8 Å². The predicted molar refractivity (Wildman–Crippen MR) is 107 cm³/mol. The van der Waals surface area contributed by atoms with Gasteiger partial charge in [0.1, 0.15) is 0 Å². The van der Waals surface area contributed by atoms with E-state index in [-0.39, 0.29) is 16.7 Å². The summed E-state index contributed by atoms with van der Waals surface area (Å²) in [6.45, 7) is 3.29. The molecule has 29 heavy (non-hydrogen) atoms. The molecule has 0 radical (unpaired) electrons. The molecule has 7 nitrogen and oxygen atoms in total. The SMILES string of the molecule is CC1c2ccccc2N(S(=O)(=O)c2ccc3c(c2)OCCCO3)C2CNC(=O)C12. The third-order valence-electron chi connectivity index (χ3n) is 5.98. The number of carbonyl (C=O) groups excluding carboxylic acids is 1. The van der Waals surface area contributed by atoms with Crippen molar-refractivity contribution in [3.63, 3.8) is 0 Å². The van der Waals surface area contributed by atoms with Gasteiger partial charge in [-0.05, 0) is 29.7 Å². The van der Waals surface area contributed by atoms with Crippen molar-refractivity contribution >= 4 is 21.6 Å². The Labute approximate surface area is 169 Å². The van der Waals surface area contributed by atoms with E-state index >= 15 is 0 Å². The fourth-order valence-electron chi connectivity index (χ4n) is 4.58. The number of hydrogen-bond acceptors (Lipinski definition) is 5. The number of fused-ring (bicyclic) bond motifs is 3. The second-order valence-electron chi connectivity index (χ2n) is 7.65. The number of carbonyl (C=O) groups is 1. The summed E-state index contributed by atoms with van der Waals surface area (Å²) in [7, 11) is -3.92. The summed E-state index contributed by atoms with van der Waals surface area (Å²) in [6, 6.07) is 11.7. The van der Waals surface area contributed by atoms with Crippen LogP contribution in [0.15, 0.2) is 47.4 Å². The Kier molecular flexibility index (Phi) is 4.20. The maximum atomic E-state index is 13.8. The molecule has 3 aliphatic heterocycles.